The van der Waals surface area contributed by atoms with Crippen LogP contribution in [0.5, 0.6) is 0 Å². The third-order valence-electron chi connectivity index (χ3n) is 1.64. The van der Waals surface area contributed by atoms with E-state index >= 15 is 0 Å². The lowest BCUT2D eigenvalue weighted by atomic mass is 10.1. The maximum Gasteiger partial charge on any atom is 0.130 e. The Balaban J connectivity index is 3.25. The predicted molar refractivity (Wildman–Crippen MR) is 53.1 cm³/mol. The molecule has 1 aromatic rings. The van der Waals surface area contributed by atoms with Crippen LogP contribution in [0, 0.1) is 5.82 Å². The predicted octanol–water partition coefficient (Wildman–Crippen LogP) is 2.23. The minimum Gasteiger partial charge on any atom is -0.387 e. The van der Waals surface area contributed by atoms with Gasteiger partial charge >= 0.3 is 0 Å². The molecule has 0 saturated carbocycles. The highest BCUT2D eigenvalue weighted by Crippen LogP contribution is 2.31. The van der Waals surface area contributed by atoms with Gasteiger partial charge < -0.3 is 10.8 Å². The molecule has 3 N–H and O–H groups in total. The van der Waals surface area contributed by atoms with Crippen molar-refractivity contribution in [2.75, 3.05) is 6.54 Å². The van der Waals surface area contributed by atoms with Gasteiger partial charge in [0.05, 0.1) is 11.1 Å². The van der Waals surface area contributed by atoms with Gasteiger partial charge in [0.15, 0.2) is 0 Å². The molecule has 1 atom stereocenters. The standard InChI is InChI=1S/C8H8BrClFNO/c9-4-1-2-5(11)7(8(4)10)6(13)3-12/h1-2,6,13H,3,12H2. The molecule has 72 valence electrons. The second kappa shape index (κ2) is 4.37. The Hall–Kier alpha value is -0.160. The van der Waals surface area contributed by atoms with Gasteiger partial charge in [-0.05, 0) is 28.1 Å². The zero-order valence-electron chi connectivity index (χ0n) is 6.60. The molecule has 2 nitrogen and oxygen atoms in total. The maximum absolute atomic E-state index is 13.1. The highest BCUT2D eigenvalue weighted by Gasteiger charge is 2.17. The quantitative estimate of drug-likeness (QED) is 0.808. The third-order valence-corrected chi connectivity index (χ3v) is 2.93. The summed E-state index contributed by atoms with van der Waals surface area (Å²) in [6.45, 7) is -0.0624. The average molecular weight is 269 g/mol. The first kappa shape index (κ1) is 10.9. The van der Waals surface area contributed by atoms with Crippen molar-refractivity contribution in [1.82, 2.24) is 0 Å². The number of rotatable bonds is 2. The van der Waals surface area contributed by atoms with Crippen LogP contribution in [-0.4, -0.2) is 11.7 Å². The van der Waals surface area contributed by atoms with Crippen LogP contribution >= 0.6 is 27.5 Å². The van der Waals surface area contributed by atoms with Crippen LogP contribution in [0.2, 0.25) is 5.02 Å². The molecular formula is C8H8BrClFNO. The lowest BCUT2D eigenvalue weighted by Gasteiger charge is -2.12. The molecular weight excluding hydrogens is 260 g/mol. The molecule has 0 bridgehead atoms. The van der Waals surface area contributed by atoms with Gasteiger partial charge in [-0.25, -0.2) is 4.39 Å². The first-order chi connectivity index (χ1) is 6.07. The SMILES string of the molecule is NCC(O)c1c(F)ccc(Br)c1Cl. The van der Waals surface area contributed by atoms with Gasteiger partial charge in [0, 0.05) is 16.6 Å². The Morgan fingerprint density at radius 3 is 2.77 bits per heavy atom. The summed E-state index contributed by atoms with van der Waals surface area (Å²) in [7, 11) is 0. The van der Waals surface area contributed by atoms with E-state index in [2.05, 4.69) is 15.9 Å². The van der Waals surface area contributed by atoms with Gasteiger partial charge in [0.2, 0.25) is 0 Å². The minimum atomic E-state index is -1.06. The second-order valence-electron chi connectivity index (χ2n) is 2.51. The van der Waals surface area contributed by atoms with E-state index in [1.54, 1.807) is 0 Å². The summed E-state index contributed by atoms with van der Waals surface area (Å²) in [6, 6.07) is 2.70. The molecule has 1 aromatic carbocycles. The summed E-state index contributed by atoms with van der Waals surface area (Å²) in [5.41, 5.74) is 5.24. The van der Waals surface area contributed by atoms with E-state index in [1.807, 2.05) is 0 Å². The lowest BCUT2D eigenvalue weighted by molar-refractivity contribution is 0.182. The zero-order chi connectivity index (χ0) is 10.0. The first-order valence-electron chi connectivity index (χ1n) is 3.59. The number of aliphatic hydroxyl groups excluding tert-OH is 1. The number of halogens is 3. The summed E-state index contributed by atoms with van der Waals surface area (Å²) in [5, 5.41) is 9.51. The van der Waals surface area contributed by atoms with Crippen molar-refractivity contribution in [3.8, 4) is 0 Å². The lowest BCUT2D eigenvalue weighted by Crippen LogP contribution is -2.13. The number of hydrogen-bond acceptors (Lipinski definition) is 2. The molecule has 0 aliphatic carbocycles. The summed E-state index contributed by atoms with van der Waals surface area (Å²) >= 11 is 8.90. The van der Waals surface area contributed by atoms with Crippen molar-refractivity contribution in [2.45, 2.75) is 6.10 Å². The van der Waals surface area contributed by atoms with Gasteiger partial charge in [-0.3, -0.25) is 0 Å². The van der Waals surface area contributed by atoms with Gasteiger partial charge in [0.25, 0.3) is 0 Å². The molecule has 0 aliphatic rings. The summed E-state index contributed by atoms with van der Waals surface area (Å²) in [4.78, 5) is 0. The normalized spacial score (nSPS) is 13.0. The van der Waals surface area contributed by atoms with Gasteiger partial charge in [-0.15, -0.1) is 0 Å². The topological polar surface area (TPSA) is 46.2 Å². The summed E-state index contributed by atoms with van der Waals surface area (Å²) in [6.07, 6.45) is -1.06. The van der Waals surface area contributed by atoms with Crippen LogP contribution in [0.3, 0.4) is 0 Å². The molecule has 1 unspecified atom stereocenters. The molecule has 5 heteroatoms. The number of aliphatic hydroxyl groups is 1. The maximum atomic E-state index is 13.1. The van der Waals surface area contributed by atoms with Crippen LogP contribution in [0.4, 0.5) is 4.39 Å². The van der Waals surface area contributed by atoms with E-state index in [0.29, 0.717) is 4.47 Å². The van der Waals surface area contributed by atoms with Crippen molar-refractivity contribution in [3.63, 3.8) is 0 Å². The first-order valence-corrected chi connectivity index (χ1v) is 4.76. The largest absolute Gasteiger partial charge is 0.387 e. The van der Waals surface area contributed by atoms with Crippen LogP contribution in [-0.2, 0) is 0 Å². The Morgan fingerprint density at radius 1 is 1.62 bits per heavy atom. The van der Waals surface area contributed by atoms with Gasteiger partial charge in [0.1, 0.15) is 5.82 Å². The number of hydrogen-bond donors (Lipinski definition) is 2. The van der Waals surface area contributed by atoms with E-state index in [-0.39, 0.29) is 17.1 Å². The summed E-state index contributed by atoms with van der Waals surface area (Å²) in [5.74, 6) is -0.550. The van der Waals surface area contributed by atoms with Gasteiger partial charge in [-0.1, -0.05) is 11.6 Å². The smallest absolute Gasteiger partial charge is 0.130 e. The Kier molecular flexibility index (Phi) is 3.67. The second-order valence-corrected chi connectivity index (χ2v) is 3.74. The van der Waals surface area contributed by atoms with E-state index < -0.39 is 11.9 Å². The average Bonchev–Trinajstić information content (AvgIpc) is 2.12. The zero-order valence-corrected chi connectivity index (χ0v) is 8.94. The molecule has 0 radical (unpaired) electrons. The molecule has 0 aromatic heterocycles. The van der Waals surface area contributed by atoms with Crippen molar-refractivity contribution in [1.29, 1.82) is 0 Å². The fourth-order valence-corrected chi connectivity index (χ4v) is 1.59. The van der Waals surface area contributed by atoms with Crippen molar-refractivity contribution in [3.05, 3.63) is 33.0 Å². The van der Waals surface area contributed by atoms with Crippen molar-refractivity contribution in [2.24, 2.45) is 5.73 Å². The van der Waals surface area contributed by atoms with Crippen LogP contribution < -0.4 is 5.73 Å². The molecule has 0 spiro atoms. The molecule has 0 amide bonds. The summed E-state index contributed by atoms with van der Waals surface area (Å²) < 4.78 is 13.7. The van der Waals surface area contributed by atoms with Crippen molar-refractivity contribution >= 4 is 27.5 Å². The van der Waals surface area contributed by atoms with E-state index in [4.69, 9.17) is 17.3 Å². The fraction of sp³-hybridized carbons (Fsp3) is 0.250. The van der Waals surface area contributed by atoms with E-state index in [9.17, 15) is 9.50 Å². The van der Waals surface area contributed by atoms with Crippen molar-refractivity contribution < 1.29 is 9.50 Å². The Labute approximate surface area is 88.6 Å². The number of nitrogens with two attached hydrogens (primary N) is 1. The third kappa shape index (κ3) is 2.20. The fourth-order valence-electron chi connectivity index (χ4n) is 0.966. The van der Waals surface area contributed by atoms with Crippen LogP contribution in [0.25, 0.3) is 0 Å². The molecule has 0 fully saturated rings. The molecule has 0 aliphatic heterocycles. The van der Waals surface area contributed by atoms with Crippen LogP contribution in [0.1, 0.15) is 11.7 Å². The minimum absolute atomic E-state index is 0.0403. The molecule has 0 heterocycles. The molecule has 13 heavy (non-hydrogen) atoms. The highest BCUT2D eigenvalue weighted by atomic mass is 79.9. The molecule has 0 saturated heterocycles. The highest BCUT2D eigenvalue weighted by molar-refractivity contribution is 9.10. The van der Waals surface area contributed by atoms with Crippen LogP contribution in [0.15, 0.2) is 16.6 Å². The Bertz CT molecular complexity index is 321. The van der Waals surface area contributed by atoms with E-state index in [0.717, 1.165) is 0 Å². The molecule has 1 rings (SSSR count). The van der Waals surface area contributed by atoms with Gasteiger partial charge in [-0.2, -0.15) is 0 Å². The number of benzene rings is 1. The monoisotopic (exact) mass is 267 g/mol. The Morgan fingerprint density at radius 2 is 2.23 bits per heavy atom. The van der Waals surface area contributed by atoms with E-state index in [1.165, 1.54) is 12.1 Å².